The Balaban J connectivity index is 1.96. The second kappa shape index (κ2) is 7.91. The van der Waals surface area contributed by atoms with Gasteiger partial charge in [0.05, 0.1) is 18.7 Å². The largest absolute Gasteiger partial charge is 0.455 e. The van der Waals surface area contributed by atoms with Crippen molar-refractivity contribution in [1.29, 1.82) is 0 Å². The second-order valence-corrected chi connectivity index (χ2v) is 5.23. The normalized spacial score (nSPS) is 22.9. The summed E-state index contributed by atoms with van der Waals surface area (Å²) < 4.78 is 25.5. The van der Waals surface area contributed by atoms with Gasteiger partial charge in [0.1, 0.15) is 5.76 Å². The summed E-state index contributed by atoms with van der Waals surface area (Å²) in [7, 11) is 0. The standard InChI is InChI=1S/C15H19NO8/c1-4-11-5-10(16-24-11)6-13(19)23-12-7-20-15(22-9(3)18)14(12)21-8(2)17/h5,12,14-15H,4,6-7H2,1-3H3/t12-,14-,15?/m1/s1. The van der Waals surface area contributed by atoms with Gasteiger partial charge in [0, 0.05) is 26.3 Å². The van der Waals surface area contributed by atoms with Crippen molar-refractivity contribution in [2.45, 2.75) is 52.1 Å². The first kappa shape index (κ1) is 17.9. The quantitative estimate of drug-likeness (QED) is 0.540. The van der Waals surface area contributed by atoms with Crippen LogP contribution in [-0.2, 0) is 46.2 Å². The van der Waals surface area contributed by atoms with E-state index in [-0.39, 0.29) is 13.0 Å². The summed E-state index contributed by atoms with van der Waals surface area (Å²) in [5.41, 5.74) is 0.441. The topological polar surface area (TPSA) is 114 Å². The lowest BCUT2D eigenvalue weighted by atomic mass is 10.2. The smallest absolute Gasteiger partial charge is 0.312 e. The van der Waals surface area contributed by atoms with Gasteiger partial charge in [-0.25, -0.2) is 0 Å². The molecule has 0 N–H and O–H groups in total. The van der Waals surface area contributed by atoms with E-state index >= 15 is 0 Å². The van der Waals surface area contributed by atoms with Crippen LogP contribution in [-0.4, -0.2) is 48.2 Å². The molecule has 132 valence electrons. The number of aryl methyl sites for hydroxylation is 1. The Morgan fingerprint density at radius 3 is 2.50 bits per heavy atom. The van der Waals surface area contributed by atoms with Crippen molar-refractivity contribution in [3.05, 3.63) is 17.5 Å². The van der Waals surface area contributed by atoms with Gasteiger partial charge in [-0.15, -0.1) is 0 Å². The molecule has 9 nitrogen and oxygen atoms in total. The minimum Gasteiger partial charge on any atom is -0.455 e. The molecular formula is C15H19NO8. The van der Waals surface area contributed by atoms with E-state index in [0.717, 1.165) is 0 Å². The first-order valence-electron chi connectivity index (χ1n) is 7.49. The fraction of sp³-hybridized carbons (Fsp3) is 0.600. The molecule has 0 bridgehead atoms. The minimum absolute atomic E-state index is 0.0549. The third kappa shape index (κ3) is 4.79. The molecule has 1 aliphatic rings. The molecule has 0 saturated carbocycles. The van der Waals surface area contributed by atoms with Crippen molar-refractivity contribution >= 4 is 17.9 Å². The second-order valence-electron chi connectivity index (χ2n) is 5.23. The zero-order chi connectivity index (χ0) is 17.7. The van der Waals surface area contributed by atoms with Crippen LogP contribution in [0.25, 0.3) is 0 Å². The van der Waals surface area contributed by atoms with Crippen molar-refractivity contribution in [3.8, 4) is 0 Å². The van der Waals surface area contributed by atoms with Crippen LogP contribution in [0.2, 0.25) is 0 Å². The van der Waals surface area contributed by atoms with Gasteiger partial charge in [-0.2, -0.15) is 0 Å². The average Bonchev–Trinajstić information content (AvgIpc) is 3.07. The number of esters is 3. The molecule has 2 heterocycles. The first-order chi connectivity index (χ1) is 11.4. The van der Waals surface area contributed by atoms with E-state index in [1.165, 1.54) is 13.8 Å². The highest BCUT2D eigenvalue weighted by atomic mass is 16.7. The highest BCUT2D eigenvalue weighted by molar-refractivity contribution is 5.72. The summed E-state index contributed by atoms with van der Waals surface area (Å²) in [6.07, 6.45) is -2.42. The lowest BCUT2D eigenvalue weighted by Crippen LogP contribution is -2.39. The molecule has 3 atom stereocenters. The Bertz CT molecular complexity index is 610. The molecule has 0 aliphatic carbocycles. The van der Waals surface area contributed by atoms with Gasteiger partial charge in [0.15, 0.2) is 6.10 Å². The molecule has 1 aromatic heterocycles. The number of nitrogens with zero attached hydrogens (tertiary/aromatic N) is 1. The third-order valence-electron chi connectivity index (χ3n) is 3.21. The van der Waals surface area contributed by atoms with E-state index < -0.39 is 36.4 Å². The lowest BCUT2D eigenvalue weighted by Gasteiger charge is -2.21. The van der Waals surface area contributed by atoms with Crippen LogP contribution in [0.15, 0.2) is 10.6 Å². The van der Waals surface area contributed by atoms with Crippen molar-refractivity contribution in [1.82, 2.24) is 5.16 Å². The lowest BCUT2D eigenvalue weighted by molar-refractivity contribution is -0.192. The van der Waals surface area contributed by atoms with Crippen LogP contribution in [0.1, 0.15) is 32.2 Å². The van der Waals surface area contributed by atoms with E-state index in [1.807, 2.05) is 6.92 Å². The highest BCUT2D eigenvalue weighted by Crippen LogP contribution is 2.23. The van der Waals surface area contributed by atoms with E-state index in [2.05, 4.69) is 5.16 Å². The van der Waals surface area contributed by atoms with Gasteiger partial charge < -0.3 is 23.5 Å². The third-order valence-corrected chi connectivity index (χ3v) is 3.21. The maximum absolute atomic E-state index is 12.0. The summed E-state index contributed by atoms with van der Waals surface area (Å²) >= 11 is 0. The SMILES string of the molecule is CCc1cc(CC(=O)O[C@@H]2COC(OC(C)=O)[C@@H]2OC(C)=O)no1. The molecule has 24 heavy (non-hydrogen) atoms. The number of hydrogen-bond acceptors (Lipinski definition) is 9. The molecule has 2 rings (SSSR count). The van der Waals surface area contributed by atoms with Crippen molar-refractivity contribution < 1.29 is 37.9 Å². The fourth-order valence-corrected chi connectivity index (χ4v) is 2.21. The molecule has 1 aliphatic heterocycles. The summed E-state index contributed by atoms with van der Waals surface area (Å²) in [5, 5.41) is 3.76. The van der Waals surface area contributed by atoms with Gasteiger partial charge in [0.25, 0.3) is 0 Å². The number of carbonyl (C=O) groups excluding carboxylic acids is 3. The van der Waals surface area contributed by atoms with Crippen molar-refractivity contribution in [2.24, 2.45) is 0 Å². The number of hydrogen-bond donors (Lipinski definition) is 0. The summed E-state index contributed by atoms with van der Waals surface area (Å²) in [5.74, 6) is -1.12. The zero-order valence-electron chi connectivity index (χ0n) is 13.6. The predicted octanol–water partition coefficient (Wildman–Crippen LogP) is 0.542. The van der Waals surface area contributed by atoms with Crippen LogP contribution in [0.3, 0.4) is 0 Å². The molecule has 1 unspecified atom stereocenters. The number of aromatic nitrogens is 1. The van der Waals surface area contributed by atoms with Gasteiger partial charge in [-0.3, -0.25) is 14.4 Å². The average molecular weight is 341 g/mol. The summed E-state index contributed by atoms with van der Waals surface area (Å²) in [6, 6.07) is 1.66. The van der Waals surface area contributed by atoms with Crippen molar-refractivity contribution in [3.63, 3.8) is 0 Å². The van der Waals surface area contributed by atoms with Gasteiger partial charge in [-0.1, -0.05) is 12.1 Å². The van der Waals surface area contributed by atoms with E-state index in [9.17, 15) is 14.4 Å². The summed E-state index contributed by atoms with van der Waals surface area (Å²) in [6.45, 7) is 4.24. The van der Waals surface area contributed by atoms with Crippen molar-refractivity contribution in [2.75, 3.05) is 6.61 Å². The van der Waals surface area contributed by atoms with E-state index in [4.69, 9.17) is 23.5 Å². The van der Waals surface area contributed by atoms with Crippen LogP contribution >= 0.6 is 0 Å². The number of carbonyl (C=O) groups is 3. The van der Waals surface area contributed by atoms with E-state index in [1.54, 1.807) is 6.07 Å². The Labute approximate surface area is 138 Å². The summed E-state index contributed by atoms with van der Waals surface area (Å²) in [4.78, 5) is 34.3. The maximum Gasteiger partial charge on any atom is 0.312 e. The monoisotopic (exact) mass is 341 g/mol. The molecule has 0 aromatic carbocycles. The predicted molar refractivity (Wildman–Crippen MR) is 76.5 cm³/mol. The molecular weight excluding hydrogens is 322 g/mol. The highest BCUT2D eigenvalue weighted by Gasteiger charge is 2.44. The number of rotatable bonds is 6. The Morgan fingerprint density at radius 1 is 1.21 bits per heavy atom. The fourth-order valence-electron chi connectivity index (χ4n) is 2.21. The Hall–Kier alpha value is -2.42. The number of ether oxygens (including phenoxy) is 4. The van der Waals surface area contributed by atoms with Crippen LogP contribution in [0.4, 0.5) is 0 Å². The van der Waals surface area contributed by atoms with Crippen LogP contribution < -0.4 is 0 Å². The Morgan fingerprint density at radius 2 is 1.92 bits per heavy atom. The molecule has 1 fully saturated rings. The molecule has 0 radical (unpaired) electrons. The first-order valence-corrected chi connectivity index (χ1v) is 7.49. The van der Waals surface area contributed by atoms with E-state index in [0.29, 0.717) is 17.9 Å². The van der Waals surface area contributed by atoms with Gasteiger partial charge in [0.2, 0.25) is 12.4 Å². The molecule has 1 saturated heterocycles. The Kier molecular flexibility index (Phi) is 5.91. The molecule has 0 amide bonds. The van der Waals surface area contributed by atoms with Crippen LogP contribution in [0, 0.1) is 0 Å². The minimum atomic E-state index is -1.11. The van der Waals surface area contributed by atoms with Gasteiger partial charge in [-0.05, 0) is 0 Å². The maximum atomic E-state index is 12.0. The molecule has 0 spiro atoms. The molecule has 9 heteroatoms. The van der Waals surface area contributed by atoms with Gasteiger partial charge >= 0.3 is 17.9 Å². The zero-order valence-corrected chi connectivity index (χ0v) is 13.6. The molecule has 1 aromatic rings. The van der Waals surface area contributed by atoms with Crippen LogP contribution in [0.5, 0.6) is 0 Å².